The van der Waals surface area contributed by atoms with Crippen LogP contribution in [-0.2, 0) is 11.5 Å². The van der Waals surface area contributed by atoms with Gasteiger partial charge in [0.1, 0.15) is 24.4 Å². The van der Waals surface area contributed by atoms with Gasteiger partial charge in [-0.05, 0) is 37.1 Å². The topological polar surface area (TPSA) is 39.9 Å². The van der Waals surface area contributed by atoms with Gasteiger partial charge in [-0.1, -0.05) is 43.3 Å². The van der Waals surface area contributed by atoms with E-state index in [0.717, 1.165) is 34.9 Å². The van der Waals surface area contributed by atoms with E-state index >= 15 is 0 Å². The van der Waals surface area contributed by atoms with Gasteiger partial charge < -0.3 is 9.30 Å². The van der Waals surface area contributed by atoms with Gasteiger partial charge in [0.05, 0.1) is 5.39 Å². The lowest BCUT2D eigenvalue weighted by molar-refractivity contribution is 0.0899. The molecule has 0 unspecified atom stereocenters. The number of rotatable bonds is 5. The summed E-state index contributed by atoms with van der Waals surface area (Å²) in [6.07, 6.45) is 3.56. The van der Waals surface area contributed by atoms with E-state index in [1.54, 1.807) is 6.33 Å². The second-order valence-corrected chi connectivity index (χ2v) is 13.3. The predicted molar refractivity (Wildman–Crippen MR) is 109 cm³/mol. The fourth-order valence-corrected chi connectivity index (χ4v) is 3.27. The van der Waals surface area contributed by atoms with Gasteiger partial charge >= 0.3 is 0 Å². The zero-order chi connectivity index (χ0) is 18.6. The van der Waals surface area contributed by atoms with Crippen molar-refractivity contribution < 1.29 is 4.74 Å². The molecule has 4 nitrogen and oxygen atoms in total. The van der Waals surface area contributed by atoms with E-state index in [4.69, 9.17) is 4.74 Å². The Kier molecular flexibility index (Phi) is 5.55. The van der Waals surface area contributed by atoms with Gasteiger partial charge in [0.15, 0.2) is 0 Å². The monoisotopic (exact) mass is 363 g/mol. The minimum absolute atomic E-state index is 0.510. The molecule has 0 saturated carbocycles. The van der Waals surface area contributed by atoms with Gasteiger partial charge in [-0.15, -0.1) is 0 Å². The van der Waals surface area contributed by atoms with Crippen molar-refractivity contribution in [3.63, 3.8) is 0 Å². The van der Waals surface area contributed by atoms with Crippen LogP contribution in [0.25, 0.3) is 11.0 Å². The summed E-state index contributed by atoms with van der Waals surface area (Å²) in [7, 11) is -1.07. The number of nitrogens with zero attached hydrogens (tertiary/aromatic N) is 3. The van der Waals surface area contributed by atoms with Crippen LogP contribution in [0.3, 0.4) is 0 Å². The van der Waals surface area contributed by atoms with E-state index in [2.05, 4.69) is 60.5 Å². The van der Waals surface area contributed by atoms with Crippen molar-refractivity contribution >= 4 is 19.1 Å². The summed E-state index contributed by atoms with van der Waals surface area (Å²) in [6.45, 7) is 10.4. The molecule has 0 atom stereocenters. The highest BCUT2D eigenvalue weighted by Gasteiger charge is 2.12. The average Bonchev–Trinajstić information content (AvgIpc) is 3.01. The number of fused-ring (bicyclic) bond motifs is 1. The fraction of sp³-hybridized carbons (Fsp3) is 0.333. The normalized spacial score (nSPS) is 11.4. The number of hydrogen-bond donors (Lipinski definition) is 0. The summed E-state index contributed by atoms with van der Waals surface area (Å²) < 4.78 is 7.86. The second kappa shape index (κ2) is 7.86. The van der Waals surface area contributed by atoms with Crippen molar-refractivity contribution in [2.24, 2.45) is 0 Å². The van der Waals surface area contributed by atoms with Crippen LogP contribution in [0.15, 0.2) is 42.9 Å². The van der Waals surface area contributed by atoms with E-state index < -0.39 is 8.07 Å². The molecule has 0 aliphatic heterocycles. The maximum Gasteiger partial charge on any atom is 0.146 e. The molecule has 5 heteroatoms. The average molecular weight is 364 g/mol. The van der Waals surface area contributed by atoms with Gasteiger partial charge in [-0.25, -0.2) is 9.97 Å². The first kappa shape index (κ1) is 18.4. The van der Waals surface area contributed by atoms with Crippen LogP contribution < -0.4 is 0 Å². The number of benzene rings is 1. The molecule has 0 spiro atoms. The van der Waals surface area contributed by atoms with Crippen LogP contribution >= 0.6 is 0 Å². The Bertz CT molecular complexity index is 943. The Labute approximate surface area is 156 Å². The Morgan fingerprint density at radius 2 is 1.81 bits per heavy atom. The summed E-state index contributed by atoms with van der Waals surface area (Å²) in [5, 5.41) is 0.959. The van der Waals surface area contributed by atoms with E-state index in [1.165, 1.54) is 5.56 Å². The molecule has 0 radical (unpaired) electrons. The summed E-state index contributed by atoms with van der Waals surface area (Å²) in [4.78, 5) is 8.76. The molecule has 0 N–H and O–H groups in total. The maximum atomic E-state index is 5.84. The molecule has 3 rings (SSSR count). The zero-order valence-electron chi connectivity index (χ0n) is 15.9. The van der Waals surface area contributed by atoms with E-state index in [9.17, 15) is 0 Å². The lowest BCUT2D eigenvalue weighted by Gasteiger charge is -2.15. The molecule has 0 aliphatic carbocycles. The Morgan fingerprint density at radius 1 is 1.04 bits per heavy atom. The summed E-state index contributed by atoms with van der Waals surface area (Å²) in [5.41, 5.74) is 3.82. The van der Waals surface area contributed by atoms with Crippen LogP contribution in [0.2, 0.25) is 25.7 Å². The number of aromatic nitrogens is 3. The molecule has 26 heavy (non-hydrogen) atoms. The lowest BCUT2D eigenvalue weighted by atomic mass is 10.1. The van der Waals surface area contributed by atoms with Crippen LogP contribution in [-0.4, -0.2) is 29.2 Å². The zero-order valence-corrected chi connectivity index (χ0v) is 16.9. The molecule has 0 amide bonds. The molecule has 0 fully saturated rings. The van der Waals surface area contributed by atoms with Crippen molar-refractivity contribution in [3.8, 4) is 11.8 Å². The molecule has 0 aliphatic rings. The second-order valence-electron chi connectivity index (χ2n) is 7.71. The lowest BCUT2D eigenvalue weighted by Crippen LogP contribution is -2.22. The molecule has 1 aromatic carbocycles. The smallest absolute Gasteiger partial charge is 0.146 e. The molecule has 2 heterocycles. The van der Waals surface area contributed by atoms with Gasteiger partial charge in [0.2, 0.25) is 0 Å². The molecule has 3 aromatic rings. The number of aryl methyl sites for hydroxylation is 1. The van der Waals surface area contributed by atoms with E-state index in [1.807, 2.05) is 29.0 Å². The van der Waals surface area contributed by atoms with Crippen LogP contribution in [0.5, 0.6) is 0 Å². The predicted octanol–water partition coefficient (Wildman–Crippen LogP) is 4.45. The quantitative estimate of drug-likeness (QED) is 0.382. The van der Waals surface area contributed by atoms with Crippen molar-refractivity contribution in [1.29, 1.82) is 0 Å². The minimum Gasteiger partial charge on any atom is -0.361 e. The standard InChI is InChI=1S/C21H25N3OSi/c1-17-5-7-18(8-6-17)9-10-20-19-11-12-24(21(19)23-15-22-20)16-25-13-14-26(2,3)4/h5-8,11-12,15H,13-14,16H2,1-4H3. The first-order valence-corrected chi connectivity index (χ1v) is 12.6. The van der Waals surface area contributed by atoms with Crippen molar-refractivity contribution in [2.45, 2.75) is 39.3 Å². The van der Waals surface area contributed by atoms with Crippen molar-refractivity contribution in [2.75, 3.05) is 6.61 Å². The summed E-state index contributed by atoms with van der Waals surface area (Å²) in [5.74, 6) is 6.36. The number of hydrogen-bond acceptors (Lipinski definition) is 3. The van der Waals surface area contributed by atoms with Gasteiger partial charge in [-0.2, -0.15) is 0 Å². The third-order valence-electron chi connectivity index (χ3n) is 4.16. The summed E-state index contributed by atoms with van der Waals surface area (Å²) >= 11 is 0. The van der Waals surface area contributed by atoms with E-state index in [0.29, 0.717) is 6.73 Å². The largest absolute Gasteiger partial charge is 0.361 e. The van der Waals surface area contributed by atoms with Gasteiger partial charge in [0, 0.05) is 26.4 Å². The highest BCUT2D eigenvalue weighted by atomic mass is 28.3. The first-order chi connectivity index (χ1) is 12.4. The molecule has 134 valence electrons. The Hall–Kier alpha value is -2.42. The number of ether oxygens (including phenoxy) is 1. The minimum atomic E-state index is -1.07. The van der Waals surface area contributed by atoms with Crippen molar-refractivity contribution in [1.82, 2.24) is 14.5 Å². The SMILES string of the molecule is Cc1ccc(C#Cc2ncnc3c2ccn3COCC[Si](C)(C)C)cc1. The molecular weight excluding hydrogens is 338 g/mol. The highest BCUT2D eigenvalue weighted by Crippen LogP contribution is 2.16. The highest BCUT2D eigenvalue weighted by molar-refractivity contribution is 6.76. The van der Waals surface area contributed by atoms with E-state index in [-0.39, 0.29) is 0 Å². The first-order valence-electron chi connectivity index (χ1n) is 8.89. The van der Waals surface area contributed by atoms with Crippen LogP contribution in [0, 0.1) is 18.8 Å². The third kappa shape index (κ3) is 4.81. The van der Waals surface area contributed by atoms with Gasteiger partial charge in [-0.3, -0.25) is 0 Å². The van der Waals surface area contributed by atoms with Gasteiger partial charge in [0.25, 0.3) is 0 Å². The van der Waals surface area contributed by atoms with Crippen molar-refractivity contribution in [3.05, 3.63) is 59.7 Å². The van der Waals surface area contributed by atoms with Crippen LogP contribution in [0.4, 0.5) is 0 Å². The molecule has 0 bridgehead atoms. The van der Waals surface area contributed by atoms with Crippen LogP contribution in [0.1, 0.15) is 16.8 Å². The molecular formula is C21H25N3OSi. The molecule has 0 saturated heterocycles. The maximum absolute atomic E-state index is 5.84. The summed E-state index contributed by atoms with van der Waals surface area (Å²) in [6, 6.07) is 11.4. The third-order valence-corrected chi connectivity index (χ3v) is 5.86. The Morgan fingerprint density at radius 3 is 2.54 bits per heavy atom. The fourth-order valence-electron chi connectivity index (χ4n) is 2.52. The Balaban J connectivity index is 1.75. The molecule has 2 aromatic heterocycles.